The summed E-state index contributed by atoms with van der Waals surface area (Å²) in [7, 11) is 1.62. The van der Waals surface area contributed by atoms with Crippen LogP contribution in [0.1, 0.15) is 25.8 Å². The SMILES string of the molecule is COc1ccc(NCC(=O)N/N=C(/CC(C)C)c2ccccc2)cc1. The van der Waals surface area contributed by atoms with E-state index in [0.29, 0.717) is 5.92 Å². The minimum atomic E-state index is -0.187. The maximum Gasteiger partial charge on any atom is 0.259 e. The first-order valence-corrected chi connectivity index (χ1v) is 8.37. The first-order chi connectivity index (χ1) is 12.1. The molecule has 2 rings (SSSR count). The van der Waals surface area contributed by atoms with Crippen molar-refractivity contribution in [3.05, 3.63) is 60.2 Å². The second kappa shape index (κ2) is 9.47. The van der Waals surface area contributed by atoms with Gasteiger partial charge < -0.3 is 10.1 Å². The zero-order valence-corrected chi connectivity index (χ0v) is 15.0. The van der Waals surface area contributed by atoms with Gasteiger partial charge in [-0.05, 0) is 42.2 Å². The van der Waals surface area contributed by atoms with E-state index in [-0.39, 0.29) is 12.5 Å². The van der Waals surface area contributed by atoms with Crippen LogP contribution < -0.4 is 15.5 Å². The van der Waals surface area contributed by atoms with Gasteiger partial charge in [-0.25, -0.2) is 5.43 Å². The van der Waals surface area contributed by atoms with Crippen LogP contribution in [-0.4, -0.2) is 25.3 Å². The third-order valence-electron chi connectivity index (χ3n) is 3.57. The lowest BCUT2D eigenvalue weighted by molar-refractivity contribution is -0.119. The Morgan fingerprint density at radius 1 is 1.08 bits per heavy atom. The van der Waals surface area contributed by atoms with Gasteiger partial charge in [0.25, 0.3) is 5.91 Å². The van der Waals surface area contributed by atoms with Crippen LogP contribution in [0.5, 0.6) is 5.75 Å². The Kier molecular flexibility index (Phi) is 7.01. The monoisotopic (exact) mass is 339 g/mol. The van der Waals surface area contributed by atoms with E-state index in [1.165, 1.54) is 0 Å². The van der Waals surface area contributed by atoms with Crippen LogP contribution in [0.4, 0.5) is 5.69 Å². The van der Waals surface area contributed by atoms with E-state index in [1.807, 2.05) is 54.6 Å². The Bertz CT molecular complexity index is 695. The van der Waals surface area contributed by atoms with Gasteiger partial charge >= 0.3 is 0 Å². The van der Waals surface area contributed by atoms with Gasteiger partial charge in [-0.2, -0.15) is 5.10 Å². The summed E-state index contributed by atoms with van der Waals surface area (Å²) in [5, 5.41) is 7.39. The van der Waals surface area contributed by atoms with E-state index in [1.54, 1.807) is 7.11 Å². The fraction of sp³-hybridized carbons (Fsp3) is 0.300. The molecule has 5 nitrogen and oxygen atoms in total. The lowest BCUT2D eigenvalue weighted by Gasteiger charge is -2.10. The number of anilines is 1. The molecule has 1 amide bonds. The Labute approximate surface area is 149 Å². The molecular weight excluding hydrogens is 314 g/mol. The molecule has 2 aromatic carbocycles. The van der Waals surface area contributed by atoms with Gasteiger partial charge in [0.15, 0.2) is 0 Å². The Morgan fingerprint density at radius 2 is 1.76 bits per heavy atom. The molecule has 0 radical (unpaired) electrons. The summed E-state index contributed by atoms with van der Waals surface area (Å²) in [5.41, 5.74) is 5.40. The highest BCUT2D eigenvalue weighted by molar-refractivity contribution is 6.01. The zero-order valence-electron chi connectivity index (χ0n) is 15.0. The Balaban J connectivity index is 1.93. The summed E-state index contributed by atoms with van der Waals surface area (Å²) in [6.07, 6.45) is 0.802. The van der Waals surface area contributed by atoms with Crippen molar-refractivity contribution in [1.29, 1.82) is 0 Å². The predicted octanol–water partition coefficient (Wildman–Crippen LogP) is 3.67. The predicted molar refractivity (Wildman–Crippen MR) is 102 cm³/mol. The number of hydrazone groups is 1. The zero-order chi connectivity index (χ0) is 18.1. The lowest BCUT2D eigenvalue weighted by Crippen LogP contribution is -2.27. The smallest absolute Gasteiger partial charge is 0.259 e. The highest BCUT2D eigenvalue weighted by Gasteiger charge is 2.07. The number of rotatable bonds is 8. The molecule has 0 spiro atoms. The van der Waals surface area contributed by atoms with Crippen molar-refractivity contribution in [2.45, 2.75) is 20.3 Å². The van der Waals surface area contributed by atoms with Crippen LogP contribution in [0.15, 0.2) is 59.7 Å². The number of ether oxygens (including phenoxy) is 1. The number of hydrogen-bond acceptors (Lipinski definition) is 4. The van der Waals surface area contributed by atoms with Crippen molar-refractivity contribution in [2.75, 3.05) is 19.0 Å². The van der Waals surface area contributed by atoms with Gasteiger partial charge in [-0.3, -0.25) is 4.79 Å². The number of amides is 1. The van der Waals surface area contributed by atoms with Crippen LogP contribution in [0.2, 0.25) is 0 Å². The molecule has 132 valence electrons. The Morgan fingerprint density at radius 3 is 2.36 bits per heavy atom. The van der Waals surface area contributed by atoms with Gasteiger partial charge in [0, 0.05) is 5.69 Å². The van der Waals surface area contributed by atoms with Crippen LogP contribution in [-0.2, 0) is 4.79 Å². The van der Waals surface area contributed by atoms with Gasteiger partial charge in [0.05, 0.1) is 19.4 Å². The minimum Gasteiger partial charge on any atom is -0.497 e. The topological polar surface area (TPSA) is 62.7 Å². The number of carbonyl (C=O) groups excluding carboxylic acids is 1. The molecule has 0 heterocycles. The summed E-state index contributed by atoms with van der Waals surface area (Å²) in [6, 6.07) is 17.3. The largest absolute Gasteiger partial charge is 0.497 e. The van der Waals surface area contributed by atoms with Crippen LogP contribution in [0.3, 0.4) is 0 Å². The fourth-order valence-corrected chi connectivity index (χ4v) is 2.31. The molecule has 0 aliphatic carbocycles. The van der Waals surface area contributed by atoms with E-state index in [4.69, 9.17) is 4.74 Å². The van der Waals surface area contributed by atoms with Crippen molar-refractivity contribution in [3.63, 3.8) is 0 Å². The minimum absolute atomic E-state index is 0.152. The van der Waals surface area contributed by atoms with Crippen molar-refractivity contribution in [2.24, 2.45) is 11.0 Å². The molecule has 2 N–H and O–H groups in total. The number of methoxy groups -OCH3 is 1. The number of nitrogens with one attached hydrogen (secondary N) is 2. The maximum atomic E-state index is 12.1. The highest BCUT2D eigenvalue weighted by Crippen LogP contribution is 2.14. The lowest BCUT2D eigenvalue weighted by atomic mass is 10.0. The number of carbonyl (C=O) groups is 1. The van der Waals surface area contributed by atoms with E-state index in [2.05, 4.69) is 29.7 Å². The highest BCUT2D eigenvalue weighted by atomic mass is 16.5. The first kappa shape index (κ1) is 18.5. The average molecular weight is 339 g/mol. The van der Waals surface area contributed by atoms with Crippen molar-refractivity contribution in [3.8, 4) is 5.75 Å². The van der Waals surface area contributed by atoms with Crippen LogP contribution in [0, 0.1) is 5.92 Å². The molecule has 0 bridgehead atoms. The molecule has 25 heavy (non-hydrogen) atoms. The Hall–Kier alpha value is -2.82. The number of benzene rings is 2. The number of nitrogens with zero attached hydrogens (tertiary/aromatic N) is 1. The van der Waals surface area contributed by atoms with E-state index in [9.17, 15) is 4.79 Å². The molecule has 2 aromatic rings. The van der Waals surface area contributed by atoms with Crippen molar-refractivity contribution >= 4 is 17.3 Å². The van der Waals surface area contributed by atoms with E-state index >= 15 is 0 Å². The second-order valence-corrected chi connectivity index (χ2v) is 6.14. The molecule has 0 saturated carbocycles. The van der Waals surface area contributed by atoms with Gasteiger partial charge in [-0.1, -0.05) is 44.2 Å². The summed E-state index contributed by atoms with van der Waals surface area (Å²) < 4.78 is 5.11. The third-order valence-corrected chi connectivity index (χ3v) is 3.57. The molecule has 5 heteroatoms. The molecule has 0 atom stereocenters. The van der Waals surface area contributed by atoms with Crippen LogP contribution >= 0.6 is 0 Å². The third kappa shape index (κ3) is 6.30. The normalized spacial score (nSPS) is 11.3. The summed E-state index contributed by atoms with van der Waals surface area (Å²) in [6.45, 7) is 4.41. The van der Waals surface area contributed by atoms with Gasteiger partial charge in [-0.15, -0.1) is 0 Å². The summed E-state index contributed by atoms with van der Waals surface area (Å²) in [5.74, 6) is 1.04. The molecule has 0 unspecified atom stereocenters. The molecule has 0 fully saturated rings. The van der Waals surface area contributed by atoms with Gasteiger partial charge in [0.1, 0.15) is 5.75 Å². The standard InChI is InChI=1S/C20H25N3O2/c1-15(2)13-19(16-7-5-4-6-8-16)22-23-20(24)14-21-17-9-11-18(25-3)12-10-17/h4-12,15,21H,13-14H2,1-3H3,(H,23,24)/b22-19-. The molecular formula is C20H25N3O2. The van der Waals surface area contributed by atoms with E-state index in [0.717, 1.165) is 29.1 Å². The average Bonchev–Trinajstić information content (AvgIpc) is 2.64. The molecule has 0 aromatic heterocycles. The second-order valence-electron chi connectivity index (χ2n) is 6.14. The first-order valence-electron chi connectivity index (χ1n) is 8.37. The van der Waals surface area contributed by atoms with Crippen molar-refractivity contribution < 1.29 is 9.53 Å². The number of hydrogen-bond donors (Lipinski definition) is 2. The molecule has 0 saturated heterocycles. The summed E-state index contributed by atoms with van der Waals surface area (Å²) >= 11 is 0. The maximum absolute atomic E-state index is 12.1. The molecule has 0 aliphatic heterocycles. The van der Waals surface area contributed by atoms with Crippen molar-refractivity contribution in [1.82, 2.24) is 5.43 Å². The van der Waals surface area contributed by atoms with E-state index < -0.39 is 0 Å². The molecule has 0 aliphatic rings. The quantitative estimate of drug-likeness (QED) is 0.570. The van der Waals surface area contributed by atoms with Gasteiger partial charge in [0.2, 0.25) is 0 Å². The fourth-order valence-electron chi connectivity index (χ4n) is 2.31. The summed E-state index contributed by atoms with van der Waals surface area (Å²) in [4.78, 5) is 12.1. The van der Waals surface area contributed by atoms with Crippen LogP contribution in [0.25, 0.3) is 0 Å².